The number of hydrogen-bond acceptors (Lipinski definition) is 2. The Kier molecular flexibility index (Phi) is 2.72. The molecule has 1 aromatic carbocycles. The zero-order valence-corrected chi connectivity index (χ0v) is 10.5. The summed E-state index contributed by atoms with van der Waals surface area (Å²) in [5, 5.41) is 9.60. The van der Waals surface area contributed by atoms with E-state index in [1.54, 1.807) is 30.3 Å². The number of nitrogens with zero attached hydrogens (tertiary/aromatic N) is 2. The highest BCUT2D eigenvalue weighted by molar-refractivity contribution is 6.30. The van der Waals surface area contributed by atoms with Crippen LogP contribution >= 0.6 is 11.6 Å². The molecule has 3 aromatic rings. The maximum Gasteiger partial charge on any atom is 0.335 e. The Morgan fingerprint density at radius 3 is 2.89 bits per heavy atom. The lowest BCUT2D eigenvalue weighted by Crippen LogP contribution is -1.95. The highest BCUT2D eigenvalue weighted by Gasteiger charge is 2.08. The van der Waals surface area contributed by atoms with Crippen LogP contribution in [0, 0.1) is 0 Å². The third-order valence-electron chi connectivity index (χ3n) is 2.83. The second-order valence-electron chi connectivity index (χ2n) is 4.12. The van der Waals surface area contributed by atoms with E-state index in [0.717, 1.165) is 11.2 Å². The molecule has 3 rings (SSSR count). The van der Waals surface area contributed by atoms with Crippen molar-refractivity contribution < 1.29 is 9.90 Å². The van der Waals surface area contributed by atoms with Gasteiger partial charge in [0, 0.05) is 29.0 Å². The van der Waals surface area contributed by atoms with E-state index in [1.165, 1.54) is 0 Å². The summed E-state index contributed by atoms with van der Waals surface area (Å²) in [6.07, 6.45) is 3.65. The van der Waals surface area contributed by atoms with Crippen molar-refractivity contribution in [1.82, 2.24) is 9.38 Å². The molecule has 0 spiro atoms. The Bertz CT molecular complexity index is 780. The predicted octanol–water partition coefficient (Wildman–Crippen LogP) is 3.35. The number of carbonyl (C=O) groups is 1. The number of halogens is 1. The molecule has 1 N–H and O–H groups in total. The van der Waals surface area contributed by atoms with Crippen molar-refractivity contribution in [3.8, 4) is 11.3 Å². The lowest BCUT2D eigenvalue weighted by molar-refractivity contribution is 0.0697. The van der Waals surface area contributed by atoms with Gasteiger partial charge in [-0.1, -0.05) is 23.7 Å². The van der Waals surface area contributed by atoms with E-state index in [2.05, 4.69) is 4.98 Å². The molecule has 0 aliphatic carbocycles. The van der Waals surface area contributed by atoms with Crippen LogP contribution in [0.25, 0.3) is 16.9 Å². The summed E-state index contributed by atoms with van der Waals surface area (Å²) in [7, 11) is 0. The number of aromatic carboxylic acids is 1. The molecule has 0 saturated carbocycles. The van der Waals surface area contributed by atoms with E-state index in [0.29, 0.717) is 10.7 Å². The molecule has 0 aliphatic rings. The highest BCUT2D eigenvalue weighted by atomic mass is 35.5. The number of rotatable bonds is 2. The Labute approximate surface area is 113 Å². The Morgan fingerprint density at radius 1 is 1.26 bits per heavy atom. The number of hydrogen-bond donors (Lipinski definition) is 1. The van der Waals surface area contributed by atoms with Gasteiger partial charge in [-0.05, 0) is 18.2 Å². The standard InChI is InChI=1S/C14H9ClN2O2/c15-11-4-5-17-8-12(16-13(17)7-11)9-2-1-3-10(6-9)14(18)19/h1-8H,(H,18,19). The molecule has 0 atom stereocenters. The van der Waals surface area contributed by atoms with Crippen molar-refractivity contribution in [3.05, 3.63) is 59.4 Å². The van der Waals surface area contributed by atoms with Crippen LogP contribution in [0.15, 0.2) is 48.8 Å². The van der Waals surface area contributed by atoms with Gasteiger partial charge in [0.25, 0.3) is 0 Å². The molecule has 19 heavy (non-hydrogen) atoms. The lowest BCUT2D eigenvalue weighted by Gasteiger charge is -1.98. The SMILES string of the molecule is O=C(O)c1cccc(-c2cn3ccc(Cl)cc3n2)c1. The van der Waals surface area contributed by atoms with E-state index in [-0.39, 0.29) is 5.56 Å². The fourth-order valence-corrected chi connectivity index (χ4v) is 2.06. The zero-order valence-electron chi connectivity index (χ0n) is 9.75. The van der Waals surface area contributed by atoms with Crippen LogP contribution in [0.4, 0.5) is 0 Å². The average molecular weight is 273 g/mol. The van der Waals surface area contributed by atoms with Crippen molar-refractivity contribution in [2.24, 2.45) is 0 Å². The number of fused-ring (bicyclic) bond motifs is 1. The smallest absolute Gasteiger partial charge is 0.335 e. The summed E-state index contributed by atoms with van der Waals surface area (Å²) in [6.45, 7) is 0. The fourth-order valence-electron chi connectivity index (χ4n) is 1.91. The Morgan fingerprint density at radius 2 is 2.11 bits per heavy atom. The van der Waals surface area contributed by atoms with E-state index < -0.39 is 5.97 Å². The van der Waals surface area contributed by atoms with Crippen molar-refractivity contribution in [2.75, 3.05) is 0 Å². The molecular weight excluding hydrogens is 264 g/mol. The van der Waals surface area contributed by atoms with Gasteiger partial charge in [0.15, 0.2) is 0 Å². The molecule has 0 radical (unpaired) electrons. The van der Waals surface area contributed by atoms with E-state index >= 15 is 0 Å². The van der Waals surface area contributed by atoms with Gasteiger partial charge in [-0.3, -0.25) is 0 Å². The number of benzene rings is 1. The molecule has 5 heteroatoms. The summed E-state index contributed by atoms with van der Waals surface area (Å²) in [6, 6.07) is 10.2. The molecule has 0 bridgehead atoms. The quantitative estimate of drug-likeness (QED) is 0.778. The molecule has 0 unspecified atom stereocenters. The average Bonchev–Trinajstić information content (AvgIpc) is 2.81. The number of carboxylic acid groups (broad SMARTS) is 1. The van der Waals surface area contributed by atoms with Crippen molar-refractivity contribution in [3.63, 3.8) is 0 Å². The molecule has 4 nitrogen and oxygen atoms in total. The molecule has 94 valence electrons. The third-order valence-corrected chi connectivity index (χ3v) is 3.06. The lowest BCUT2D eigenvalue weighted by atomic mass is 10.1. The van der Waals surface area contributed by atoms with Crippen LogP contribution in [0.3, 0.4) is 0 Å². The normalized spacial score (nSPS) is 10.8. The first-order valence-corrected chi connectivity index (χ1v) is 5.99. The monoisotopic (exact) mass is 272 g/mol. The van der Waals surface area contributed by atoms with Gasteiger partial charge >= 0.3 is 5.97 Å². The predicted molar refractivity (Wildman–Crippen MR) is 72.6 cm³/mol. The van der Waals surface area contributed by atoms with Gasteiger partial charge in [0.2, 0.25) is 0 Å². The van der Waals surface area contributed by atoms with Crippen LogP contribution in [0.5, 0.6) is 0 Å². The van der Waals surface area contributed by atoms with Gasteiger partial charge in [-0.2, -0.15) is 0 Å². The second kappa shape index (κ2) is 4.40. The van der Waals surface area contributed by atoms with Crippen LogP contribution in [0.1, 0.15) is 10.4 Å². The minimum absolute atomic E-state index is 0.243. The maximum absolute atomic E-state index is 11.0. The van der Waals surface area contributed by atoms with Crippen LogP contribution in [0.2, 0.25) is 5.02 Å². The van der Waals surface area contributed by atoms with E-state index in [4.69, 9.17) is 16.7 Å². The van der Waals surface area contributed by atoms with Crippen molar-refractivity contribution in [1.29, 1.82) is 0 Å². The number of aromatic nitrogens is 2. The third kappa shape index (κ3) is 2.18. The molecule has 2 aromatic heterocycles. The minimum atomic E-state index is -0.950. The number of pyridine rings is 1. The maximum atomic E-state index is 11.0. The number of imidazole rings is 1. The summed E-state index contributed by atoms with van der Waals surface area (Å²) < 4.78 is 1.84. The summed E-state index contributed by atoms with van der Waals surface area (Å²) in [5.74, 6) is -0.950. The van der Waals surface area contributed by atoms with Gasteiger partial charge in [0.05, 0.1) is 11.3 Å². The minimum Gasteiger partial charge on any atom is -0.478 e. The van der Waals surface area contributed by atoms with Crippen LogP contribution < -0.4 is 0 Å². The first kappa shape index (κ1) is 11.7. The van der Waals surface area contributed by atoms with E-state index in [1.807, 2.05) is 22.9 Å². The Hall–Kier alpha value is -2.33. The molecule has 0 aliphatic heterocycles. The highest BCUT2D eigenvalue weighted by Crippen LogP contribution is 2.21. The van der Waals surface area contributed by atoms with Crippen molar-refractivity contribution >= 4 is 23.2 Å². The largest absolute Gasteiger partial charge is 0.478 e. The molecular formula is C14H9ClN2O2. The summed E-state index contributed by atoms with van der Waals surface area (Å²) in [4.78, 5) is 15.4. The van der Waals surface area contributed by atoms with Gasteiger partial charge < -0.3 is 9.51 Å². The van der Waals surface area contributed by atoms with Crippen LogP contribution in [-0.2, 0) is 0 Å². The number of carboxylic acids is 1. The molecule has 0 amide bonds. The van der Waals surface area contributed by atoms with Gasteiger partial charge in [0.1, 0.15) is 5.65 Å². The first-order chi connectivity index (χ1) is 9.13. The van der Waals surface area contributed by atoms with Gasteiger partial charge in [-0.15, -0.1) is 0 Å². The van der Waals surface area contributed by atoms with Crippen molar-refractivity contribution in [2.45, 2.75) is 0 Å². The van der Waals surface area contributed by atoms with E-state index in [9.17, 15) is 4.79 Å². The molecule has 0 saturated heterocycles. The second-order valence-corrected chi connectivity index (χ2v) is 4.56. The van der Waals surface area contributed by atoms with Gasteiger partial charge in [-0.25, -0.2) is 9.78 Å². The fraction of sp³-hybridized carbons (Fsp3) is 0. The summed E-state index contributed by atoms with van der Waals surface area (Å²) >= 11 is 5.91. The zero-order chi connectivity index (χ0) is 13.4. The Balaban J connectivity index is 2.13. The van der Waals surface area contributed by atoms with Crippen LogP contribution in [-0.4, -0.2) is 20.5 Å². The summed E-state index contributed by atoms with van der Waals surface area (Å²) in [5.41, 5.74) is 2.45. The topological polar surface area (TPSA) is 54.6 Å². The first-order valence-electron chi connectivity index (χ1n) is 5.61. The molecule has 2 heterocycles. The molecule has 0 fully saturated rings.